The van der Waals surface area contributed by atoms with Gasteiger partial charge in [0.15, 0.2) is 17.3 Å². The zero-order valence-electron chi connectivity index (χ0n) is 14.0. The van der Waals surface area contributed by atoms with E-state index in [2.05, 4.69) is 4.74 Å². The molecule has 0 amide bonds. The SMILES string of the molecule is COc1cc(O)c2c(c1)[OH+]C(c1cc(OC)c(O)c(OC)c1)C(O)=C2. The monoisotopic (exact) mass is 347 g/mol. The number of ether oxygens (including phenoxy) is 4. The highest BCUT2D eigenvalue weighted by molar-refractivity contribution is 5.69. The third-order valence-electron chi connectivity index (χ3n) is 4.00. The van der Waals surface area contributed by atoms with Crippen molar-refractivity contribution in [3.63, 3.8) is 0 Å². The Hall–Kier alpha value is -3.22. The Morgan fingerprint density at radius 1 is 0.880 bits per heavy atom. The Bertz CT molecular complexity index is 817. The first-order chi connectivity index (χ1) is 12.0. The number of hydrogen-bond donors (Lipinski definition) is 3. The summed E-state index contributed by atoms with van der Waals surface area (Å²) in [6.45, 7) is 0. The van der Waals surface area contributed by atoms with Crippen LogP contribution in [0.4, 0.5) is 0 Å². The highest BCUT2D eigenvalue weighted by atomic mass is 16.5. The van der Waals surface area contributed by atoms with Gasteiger partial charge in [0.05, 0.1) is 33.0 Å². The van der Waals surface area contributed by atoms with Gasteiger partial charge in [0.1, 0.15) is 17.1 Å². The molecule has 3 rings (SSSR count). The van der Waals surface area contributed by atoms with Crippen LogP contribution in [0.15, 0.2) is 30.0 Å². The van der Waals surface area contributed by atoms with Gasteiger partial charge in [0.25, 0.3) is 11.9 Å². The highest BCUT2D eigenvalue weighted by Gasteiger charge is 2.33. The molecule has 0 radical (unpaired) electrons. The van der Waals surface area contributed by atoms with E-state index < -0.39 is 6.10 Å². The summed E-state index contributed by atoms with van der Waals surface area (Å²) in [7, 11) is 4.33. The molecule has 1 atom stereocenters. The molecule has 0 saturated carbocycles. The zero-order chi connectivity index (χ0) is 18.1. The van der Waals surface area contributed by atoms with Gasteiger partial charge in [0.2, 0.25) is 5.75 Å². The lowest BCUT2D eigenvalue weighted by Gasteiger charge is -2.23. The van der Waals surface area contributed by atoms with E-state index in [9.17, 15) is 15.3 Å². The lowest BCUT2D eigenvalue weighted by molar-refractivity contribution is -0.0197. The van der Waals surface area contributed by atoms with Crippen LogP contribution >= 0.6 is 0 Å². The first-order valence-corrected chi connectivity index (χ1v) is 7.45. The first kappa shape index (κ1) is 16.6. The molecule has 0 saturated heterocycles. The standard InChI is InChI=1S/C18H18O7/c1-22-10-6-12(19)11-8-13(20)18(25-14(11)7-10)9-4-15(23-2)17(21)16(5-9)24-3/h4-8,18-21H,1-3H3/p+1. The van der Waals surface area contributed by atoms with Crippen molar-refractivity contribution in [3.8, 4) is 34.5 Å². The minimum Gasteiger partial charge on any atom is -0.571 e. The van der Waals surface area contributed by atoms with Gasteiger partial charge in [-0.05, 0) is 12.1 Å². The Labute approximate surface area is 144 Å². The van der Waals surface area contributed by atoms with E-state index in [0.717, 1.165) is 0 Å². The van der Waals surface area contributed by atoms with Gasteiger partial charge >= 0.3 is 0 Å². The third-order valence-corrected chi connectivity index (χ3v) is 4.00. The van der Waals surface area contributed by atoms with E-state index in [0.29, 0.717) is 22.6 Å². The van der Waals surface area contributed by atoms with E-state index in [1.54, 1.807) is 18.2 Å². The van der Waals surface area contributed by atoms with Gasteiger partial charge in [-0.1, -0.05) is 0 Å². The Morgan fingerprint density at radius 2 is 1.52 bits per heavy atom. The predicted molar refractivity (Wildman–Crippen MR) is 90.9 cm³/mol. The van der Waals surface area contributed by atoms with Crippen molar-refractivity contribution in [1.82, 2.24) is 0 Å². The molecule has 7 heteroatoms. The number of methoxy groups -OCH3 is 3. The number of fused-ring (bicyclic) bond motifs is 1. The van der Waals surface area contributed by atoms with Crippen LogP contribution in [-0.2, 0) is 0 Å². The Kier molecular flexibility index (Phi) is 4.22. The second-order valence-electron chi connectivity index (χ2n) is 5.45. The van der Waals surface area contributed by atoms with Crippen molar-refractivity contribution in [2.45, 2.75) is 6.10 Å². The van der Waals surface area contributed by atoms with Gasteiger partial charge < -0.3 is 34.3 Å². The topological polar surface area (TPSA) is 101 Å². The largest absolute Gasteiger partial charge is 0.571 e. The molecule has 4 N–H and O–H groups in total. The van der Waals surface area contributed by atoms with Crippen molar-refractivity contribution in [3.05, 3.63) is 41.2 Å². The fourth-order valence-corrected chi connectivity index (χ4v) is 2.72. The normalized spacial score (nSPS) is 15.6. The van der Waals surface area contributed by atoms with Gasteiger partial charge in [-0.25, -0.2) is 0 Å². The highest BCUT2D eigenvalue weighted by Crippen LogP contribution is 2.46. The minimum atomic E-state index is -0.734. The number of benzene rings is 2. The zero-order valence-corrected chi connectivity index (χ0v) is 14.0. The van der Waals surface area contributed by atoms with Crippen molar-refractivity contribution in [2.75, 3.05) is 21.3 Å². The average Bonchev–Trinajstić information content (AvgIpc) is 2.62. The molecular formula is C18H19O7+. The van der Waals surface area contributed by atoms with Crippen LogP contribution < -0.4 is 14.2 Å². The predicted octanol–water partition coefficient (Wildman–Crippen LogP) is 3.02. The summed E-state index contributed by atoms with van der Waals surface area (Å²) < 4.78 is 19.9. The van der Waals surface area contributed by atoms with Gasteiger partial charge in [0, 0.05) is 12.1 Å². The first-order valence-electron chi connectivity index (χ1n) is 7.45. The summed E-state index contributed by atoms with van der Waals surface area (Å²) in [5, 5.41) is 30.5. The fraction of sp³-hybridized carbons (Fsp3) is 0.222. The van der Waals surface area contributed by atoms with Crippen LogP contribution in [0.5, 0.6) is 34.5 Å². The molecule has 132 valence electrons. The molecule has 25 heavy (non-hydrogen) atoms. The van der Waals surface area contributed by atoms with Crippen LogP contribution in [0.3, 0.4) is 0 Å². The molecule has 1 aliphatic rings. The molecule has 2 aromatic carbocycles. The maximum atomic E-state index is 10.4. The number of aliphatic hydroxyl groups excluding tert-OH is 1. The molecule has 2 aromatic rings. The van der Waals surface area contributed by atoms with E-state index >= 15 is 0 Å². The fourth-order valence-electron chi connectivity index (χ4n) is 2.72. The number of aliphatic hydroxyl groups is 2. The average molecular weight is 347 g/mol. The summed E-state index contributed by atoms with van der Waals surface area (Å²) in [5.41, 5.74) is 0.973. The lowest BCUT2D eigenvalue weighted by Crippen LogP contribution is -2.12. The van der Waals surface area contributed by atoms with Gasteiger partial charge in [-0.15, -0.1) is 0 Å². The number of phenolic OH excluding ortho intramolecular Hbond substituents is 2. The van der Waals surface area contributed by atoms with Crippen molar-refractivity contribution in [1.29, 1.82) is 0 Å². The van der Waals surface area contributed by atoms with E-state index in [4.69, 9.17) is 14.2 Å². The van der Waals surface area contributed by atoms with Crippen LogP contribution in [0.25, 0.3) is 6.08 Å². The van der Waals surface area contributed by atoms with E-state index in [1.165, 1.54) is 33.5 Å². The van der Waals surface area contributed by atoms with Crippen LogP contribution in [-0.4, -0.2) is 41.4 Å². The maximum absolute atomic E-state index is 10.4. The summed E-state index contributed by atoms with van der Waals surface area (Å²) in [6.07, 6.45) is 0.718. The Morgan fingerprint density at radius 3 is 2.08 bits per heavy atom. The van der Waals surface area contributed by atoms with Crippen molar-refractivity contribution in [2.24, 2.45) is 0 Å². The van der Waals surface area contributed by atoms with E-state index in [1.807, 2.05) is 0 Å². The molecule has 0 aromatic heterocycles. The minimum absolute atomic E-state index is 0.0380. The molecule has 0 spiro atoms. The van der Waals surface area contributed by atoms with E-state index in [-0.39, 0.29) is 28.8 Å². The third kappa shape index (κ3) is 2.84. The molecule has 1 unspecified atom stereocenters. The Balaban J connectivity index is 2.08. The van der Waals surface area contributed by atoms with Crippen LogP contribution in [0, 0.1) is 0 Å². The second-order valence-corrected chi connectivity index (χ2v) is 5.45. The second kappa shape index (κ2) is 6.35. The quantitative estimate of drug-likeness (QED) is 0.735. The van der Waals surface area contributed by atoms with Crippen LogP contribution in [0.1, 0.15) is 17.2 Å². The summed E-state index contributed by atoms with van der Waals surface area (Å²) >= 11 is 0. The number of aromatic hydroxyl groups is 3. The van der Waals surface area contributed by atoms with Crippen LogP contribution in [0.2, 0.25) is 0 Å². The number of phenols is 2. The molecule has 1 heterocycles. The summed E-state index contributed by atoms with van der Waals surface area (Å²) in [5.74, 6) is 1.12. The molecule has 7 nitrogen and oxygen atoms in total. The van der Waals surface area contributed by atoms with Gasteiger partial charge in [-0.2, -0.15) is 0 Å². The molecule has 0 bridgehead atoms. The van der Waals surface area contributed by atoms with Crippen molar-refractivity contribution < 1.29 is 34.3 Å². The smallest absolute Gasteiger partial charge is 0.270 e. The molecular weight excluding hydrogens is 328 g/mol. The molecule has 1 aliphatic heterocycles. The maximum Gasteiger partial charge on any atom is 0.270 e. The lowest BCUT2D eigenvalue weighted by atomic mass is 10.0. The molecule has 0 fully saturated rings. The molecule has 0 aliphatic carbocycles. The van der Waals surface area contributed by atoms with Crippen molar-refractivity contribution >= 4 is 6.08 Å². The van der Waals surface area contributed by atoms with Gasteiger partial charge in [-0.3, -0.25) is 0 Å². The summed E-state index contributed by atoms with van der Waals surface area (Å²) in [6, 6.07) is 6.26. The number of rotatable bonds is 4. The summed E-state index contributed by atoms with van der Waals surface area (Å²) in [4.78, 5) is 0. The number of hydrogen-bond acceptors (Lipinski definition) is 6.